The number of nitrogens with zero attached hydrogens (tertiary/aromatic N) is 2. The maximum Gasteiger partial charge on any atom is 0.417 e. The lowest BCUT2D eigenvalue weighted by molar-refractivity contribution is -0.272. The molecule has 1 aromatic heterocycles. The van der Waals surface area contributed by atoms with Gasteiger partial charge in [0, 0.05) is 30.4 Å². The van der Waals surface area contributed by atoms with Gasteiger partial charge in [0.2, 0.25) is 0 Å². The lowest BCUT2D eigenvalue weighted by Crippen LogP contribution is -2.53. The molecule has 0 radical (unpaired) electrons. The van der Waals surface area contributed by atoms with Crippen LogP contribution in [0.1, 0.15) is 44.3 Å². The minimum absolute atomic E-state index is 0.0125. The van der Waals surface area contributed by atoms with Gasteiger partial charge in [-0.15, -0.1) is 11.3 Å². The molecular formula is C14H21F3N2OS. The van der Waals surface area contributed by atoms with Gasteiger partial charge in [-0.25, -0.2) is 4.98 Å². The van der Waals surface area contributed by atoms with Crippen molar-refractivity contribution in [2.24, 2.45) is 0 Å². The van der Waals surface area contributed by atoms with Crippen molar-refractivity contribution in [1.82, 2.24) is 9.88 Å². The van der Waals surface area contributed by atoms with Gasteiger partial charge in [-0.1, -0.05) is 20.8 Å². The molecule has 120 valence electrons. The van der Waals surface area contributed by atoms with Gasteiger partial charge in [0.05, 0.1) is 10.7 Å². The summed E-state index contributed by atoms with van der Waals surface area (Å²) in [6.07, 6.45) is -5.08. The predicted molar refractivity (Wildman–Crippen MR) is 76.3 cm³/mol. The summed E-state index contributed by atoms with van der Waals surface area (Å²) in [5.41, 5.74) is -1.65. The highest BCUT2D eigenvalue weighted by atomic mass is 32.1. The van der Waals surface area contributed by atoms with Crippen molar-refractivity contribution in [2.75, 3.05) is 13.1 Å². The Labute approximate surface area is 126 Å². The average molecular weight is 322 g/mol. The molecule has 1 N–H and O–H groups in total. The second-order valence-corrected chi connectivity index (χ2v) is 7.56. The van der Waals surface area contributed by atoms with Gasteiger partial charge in [-0.3, -0.25) is 4.90 Å². The first-order valence-electron chi connectivity index (χ1n) is 6.98. The zero-order valence-corrected chi connectivity index (χ0v) is 13.3. The fourth-order valence-electron chi connectivity index (χ4n) is 2.32. The van der Waals surface area contributed by atoms with E-state index in [1.54, 1.807) is 11.3 Å². The molecule has 0 unspecified atom stereocenters. The lowest BCUT2D eigenvalue weighted by Gasteiger charge is -2.38. The second-order valence-electron chi connectivity index (χ2n) is 6.70. The number of rotatable bonds is 2. The molecule has 7 heteroatoms. The number of piperidine rings is 1. The van der Waals surface area contributed by atoms with Gasteiger partial charge in [0.1, 0.15) is 0 Å². The minimum atomic E-state index is -4.54. The van der Waals surface area contributed by atoms with E-state index in [9.17, 15) is 18.3 Å². The highest BCUT2D eigenvalue weighted by Crippen LogP contribution is 2.38. The SMILES string of the molecule is CC(C)(C)c1nc(CN2CCC(O)(C(F)(F)F)CC2)cs1. The first-order valence-corrected chi connectivity index (χ1v) is 7.86. The van der Waals surface area contributed by atoms with Crippen LogP contribution in [0.15, 0.2) is 5.38 Å². The Kier molecular flexibility index (Phi) is 4.39. The van der Waals surface area contributed by atoms with E-state index in [1.807, 2.05) is 10.3 Å². The fraction of sp³-hybridized carbons (Fsp3) is 0.786. The monoisotopic (exact) mass is 322 g/mol. The quantitative estimate of drug-likeness (QED) is 0.907. The van der Waals surface area contributed by atoms with Gasteiger partial charge in [-0.2, -0.15) is 13.2 Å². The lowest BCUT2D eigenvalue weighted by atomic mass is 9.91. The van der Waals surface area contributed by atoms with E-state index in [2.05, 4.69) is 25.8 Å². The smallest absolute Gasteiger partial charge is 0.380 e. The Bertz CT molecular complexity index is 485. The number of alkyl halides is 3. The third-order valence-electron chi connectivity index (χ3n) is 3.79. The number of aliphatic hydroxyl groups is 1. The summed E-state index contributed by atoms with van der Waals surface area (Å²) in [6.45, 7) is 7.26. The van der Waals surface area contributed by atoms with Crippen LogP contribution < -0.4 is 0 Å². The molecule has 0 saturated carbocycles. The van der Waals surface area contributed by atoms with Crippen molar-refractivity contribution >= 4 is 11.3 Å². The Morgan fingerprint density at radius 3 is 2.29 bits per heavy atom. The molecular weight excluding hydrogens is 301 g/mol. The van der Waals surface area contributed by atoms with Crippen molar-refractivity contribution < 1.29 is 18.3 Å². The summed E-state index contributed by atoms with van der Waals surface area (Å²) in [6, 6.07) is 0. The van der Waals surface area contributed by atoms with E-state index in [0.717, 1.165) is 10.7 Å². The molecule has 1 fully saturated rings. The molecule has 1 aromatic rings. The van der Waals surface area contributed by atoms with Crippen LogP contribution in [0.25, 0.3) is 0 Å². The number of thiazole rings is 1. The Morgan fingerprint density at radius 2 is 1.86 bits per heavy atom. The summed E-state index contributed by atoms with van der Waals surface area (Å²) < 4.78 is 38.2. The van der Waals surface area contributed by atoms with Crippen molar-refractivity contribution in [1.29, 1.82) is 0 Å². The predicted octanol–water partition coefficient (Wildman–Crippen LogP) is 3.33. The highest BCUT2D eigenvalue weighted by molar-refractivity contribution is 7.09. The van der Waals surface area contributed by atoms with E-state index in [1.165, 1.54) is 0 Å². The number of halogens is 3. The van der Waals surface area contributed by atoms with E-state index in [-0.39, 0.29) is 31.3 Å². The molecule has 0 bridgehead atoms. The molecule has 1 aliphatic rings. The van der Waals surface area contributed by atoms with Gasteiger partial charge in [0.25, 0.3) is 0 Å². The second kappa shape index (κ2) is 5.52. The molecule has 21 heavy (non-hydrogen) atoms. The Morgan fingerprint density at radius 1 is 1.29 bits per heavy atom. The van der Waals surface area contributed by atoms with E-state index < -0.39 is 11.8 Å². The van der Waals surface area contributed by atoms with Gasteiger partial charge >= 0.3 is 6.18 Å². The van der Waals surface area contributed by atoms with Crippen LogP contribution in [0, 0.1) is 0 Å². The summed E-state index contributed by atoms with van der Waals surface area (Å²) in [5.74, 6) is 0. The van der Waals surface area contributed by atoms with Crippen LogP contribution in [0.5, 0.6) is 0 Å². The zero-order chi connectivity index (χ0) is 15.9. The molecule has 2 heterocycles. The van der Waals surface area contributed by atoms with Crippen LogP contribution in [-0.4, -0.2) is 39.9 Å². The molecule has 2 rings (SSSR count). The maximum atomic E-state index is 12.7. The van der Waals surface area contributed by atoms with Crippen molar-refractivity contribution in [2.45, 2.75) is 57.3 Å². The van der Waals surface area contributed by atoms with Crippen LogP contribution in [0.2, 0.25) is 0 Å². The van der Waals surface area contributed by atoms with Gasteiger partial charge in [0.15, 0.2) is 5.60 Å². The number of hydrogen-bond acceptors (Lipinski definition) is 4. The maximum absolute atomic E-state index is 12.7. The number of aromatic nitrogens is 1. The van der Waals surface area contributed by atoms with Crippen LogP contribution >= 0.6 is 11.3 Å². The molecule has 1 saturated heterocycles. The number of likely N-dealkylation sites (tertiary alicyclic amines) is 1. The zero-order valence-electron chi connectivity index (χ0n) is 12.5. The standard InChI is InChI=1S/C14H21F3N2OS/c1-12(2,3)11-18-10(9-21-11)8-19-6-4-13(20,5-7-19)14(15,16)17/h9,20H,4-8H2,1-3H3. The molecule has 1 aliphatic heterocycles. The number of hydrogen-bond donors (Lipinski definition) is 1. The van der Waals surface area contributed by atoms with E-state index >= 15 is 0 Å². The third kappa shape index (κ3) is 3.76. The highest BCUT2D eigenvalue weighted by Gasteiger charge is 2.54. The topological polar surface area (TPSA) is 36.4 Å². The molecule has 0 atom stereocenters. The van der Waals surface area contributed by atoms with Crippen molar-refractivity contribution in [3.05, 3.63) is 16.1 Å². The molecule has 0 spiro atoms. The largest absolute Gasteiger partial charge is 0.417 e. The molecule has 0 amide bonds. The summed E-state index contributed by atoms with van der Waals surface area (Å²) in [7, 11) is 0. The molecule has 0 aromatic carbocycles. The normalized spacial score (nSPS) is 20.7. The van der Waals surface area contributed by atoms with Crippen LogP contribution in [0.3, 0.4) is 0 Å². The van der Waals surface area contributed by atoms with Crippen LogP contribution in [0.4, 0.5) is 13.2 Å². The third-order valence-corrected chi connectivity index (χ3v) is 5.11. The minimum Gasteiger partial charge on any atom is -0.380 e. The summed E-state index contributed by atoms with van der Waals surface area (Å²) in [5, 5.41) is 12.6. The Balaban J connectivity index is 1.94. The molecule has 3 nitrogen and oxygen atoms in total. The van der Waals surface area contributed by atoms with Crippen molar-refractivity contribution in [3.63, 3.8) is 0 Å². The average Bonchev–Trinajstić information content (AvgIpc) is 2.79. The summed E-state index contributed by atoms with van der Waals surface area (Å²) in [4.78, 5) is 6.47. The van der Waals surface area contributed by atoms with E-state index in [0.29, 0.717) is 6.54 Å². The first kappa shape index (κ1) is 16.7. The summed E-state index contributed by atoms with van der Waals surface area (Å²) >= 11 is 1.58. The Hall–Kier alpha value is -0.660. The fourth-order valence-corrected chi connectivity index (χ4v) is 3.22. The first-order chi connectivity index (χ1) is 9.51. The van der Waals surface area contributed by atoms with Gasteiger partial charge < -0.3 is 5.11 Å². The van der Waals surface area contributed by atoms with Gasteiger partial charge in [-0.05, 0) is 12.8 Å². The van der Waals surface area contributed by atoms with E-state index in [4.69, 9.17) is 0 Å². The van der Waals surface area contributed by atoms with Crippen molar-refractivity contribution in [3.8, 4) is 0 Å². The van der Waals surface area contributed by atoms with Crippen LogP contribution in [-0.2, 0) is 12.0 Å². The molecule has 0 aliphatic carbocycles.